The van der Waals surface area contributed by atoms with Crippen LogP contribution in [0.2, 0.25) is 0 Å². The molecule has 94 valence electrons. The van der Waals surface area contributed by atoms with Gasteiger partial charge in [-0.1, -0.05) is 13.0 Å². The van der Waals surface area contributed by atoms with Gasteiger partial charge in [0, 0.05) is 30.5 Å². The zero-order chi connectivity index (χ0) is 12.3. The Morgan fingerprint density at radius 3 is 2.88 bits per heavy atom. The van der Waals surface area contributed by atoms with Crippen LogP contribution in [0.5, 0.6) is 0 Å². The van der Waals surface area contributed by atoms with Crippen LogP contribution in [0, 0.1) is 0 Å². The lowest BCUT2D eigenvalue weighted by molar-refractivity contribution is 0.671. The van der Waals surface area contributed by atoms with Gasteiger partial charge in [0.1, 0.15) is 0 Å². The minimum atomic E-state index is 0.566. The van der Waals surface area contributed by atoms with Crippen LogP contribution in [0.25, 0.3) is 0 Å². The molecule has 1 heterocycles. The first-order valence-corrected chi connectivity index (χ1v) is 6.85. The second-order valence-corrected chi connectivity index (χ2v) is 5.16. The lowest BCUT2D eigenvalue weighted by Gasteiger charge is -2.30. The molecule has 0 atom stereocenters. The van der Waals surface area contributed by atoms with Gasteiger partial charge in [-0.25, -0.2) is 0 Å². The van der Waals surface area contributed by atoms with Crippen LogP contribution in [0.15, 0.2) is 18.2 Å². The zero-order valence-electron chi connectivity index (χ0n) is 11.3. The van der Waals surface area contributed by atoms with E-state index in [0.29, 0.717) is 6.04 Å². The number of nitrogens with one attached hydrogen (secondary N) is 1. The summed E-state index contributed by atoms with van der Waals surface area (Å²) in [4.78, 5) is 2.48. The van der Waals surface area contributed by atoms with Crippen LogP contribution in [-0.2, 0) is 6.42 Å². The average molecular weight is 232 g/mol. The average Bonchev–Trinajstić information content (AvgIpc) is 2.35. The molecule has 0 amide bonds. The second-order valence-electron chi connectivity index (χ2n) is 5.16. The monoisotopic (exact) mass is 232 g/mol. The SMILES string of the molecule is CCCN(c1ccc2c(c1)NCCC2)C(C)C. The molecular formula is C15H24N2. The molecule has 0 aliphatic carbocycles. The molecule has 2 rings (SSSR count). The van der Waals surface area contributed by atoms with Gasteiger partial charge in [0.05, 0.1) is 0 Å². The summed E-state index contributed by atoms with van der Waals surface area (Å²) in [6, 6.07) is 7.46. The fraction of sp³-hybridized carbons (Fsp3) is 0.600. The summed E-state index contributed by atoms with van der Waals surface area (Å²) in [5.74, 6) is 0. The first kappa shape index (κ1) is 12.3. The van der Waals surface area contributed by atoms with Gasteiger partial charge in [-0.2, -0.15) is 0 Å². The quantitative estimate of drug-likeness (QED) is 0.852. The molecule has 0 saturated carbocycles. The van der Waals surface area contributed by atoms with E-state index in [1.807, 2.05) is 0 Å². The number of nitrogens with zero attached hydrogens (tertiary/aromatic N) is 1. The van der Waals surface area contributed by atoms with Crippen LogP contribution >= 0.6 is 0 Å². The molecule has 1 aliphatic rings. The minimum Gasteiger partial charge on any atom is -0.385 e. The van der Waals surface area contributed by atoms with E-state index in [1.165, 1.54) is 36.2 Å². The molecule has 1 N–H and O–H groups in total. The van der Waals surface area contributed by atoms with E-state index in [4.69, 9.17) is 0 Å². The van der Waals surface area contributed by atoms with E-state index < -0.39 is 0 Å². The predicted octanol–water partition coefficient (Wildman–Crippen LogP) is 3.67. The summed E-state index contributed by atoms with van der Waals surface area (Å²) in [7, 11) is 0. The van der Waals surface area contributed by atoms with Gasteiger partial charge in [0.25, 0.3) is 0 Å². The third-order valence-electron chi connectivity index (χ3n) is 3.45. The number of benzene rings is 1. The highest BCUT2D eigenvalue weighted by Gasteiger charge is 2.13. The molecule has 0 fully saturated rings. The number of anilines is 2. The summed E-state index contributed by atoms with van der Waals surface area (Å²) < 4.78 is 0. The Kier molecular flexibility index (Phi) is 3.93. The number of rotatable bonds is 4. The molecule has 0 spiro atoms. The van der Waals surface area contributed by atoms with Crippen molar-refractivity contribution in [2.24, 2.45) is 0 Å². The third kappa shape index (κ3) is 2.74. The number of fused-ring (bicyclic) bond motifs is 1. The third-order valence-corrected chi connectivity index (χ3v) is 3.45. The molecule has 0 saturated heterocycles. The van der Waals surface area contributed by atoms with E-state index in [9.17, 15) is 0 Å². The second kappa shape index (κ2) is 5.44. The first-order chi connectivity index (χ1) is 8.22. The van der Waals surface area contributed by atoms with E-state index in [-0.39, 0.29) is 0 Å². The van der Waals surface area contributed by atoms with Gasteiger partial charge >= 0.3 is 0 Å². The summed E-state index contributed by atoms with van der Waals surface area (Å²) >= 11 is 0. The fourth-order valence-corrected chi connectivity index (χ4v) is 2.55. The topological polar surface area (TPSA) is 15.3 Å². The maximum absolute atomic E-state index is 3.51. The fourth-order valence-electron chi connectivity index (χ4n) is 2.55. The van der Waals surface area contributed by atoms with Gasteiger partial charge in [0.15, 0.2) is 0 Å². The van der Waals surface area contributed by atoms with Gasteiger partial charge < -0.3 is 10.2 Å². The molecule has 1 aliphatic heterocycles. The highest BCUT2D eigenvalue weighted by molar-refractivity contribution is 5.63. The lowest BCUT2D eigenvalue weighted by atomic mass is 10.0. The van der Waals surface area contributed by atoms with E-state index in [0.717, 1.165) is 13.1 Å². The Balaban J connectivity index is 2.25. The molecule has 17 heavy (non-hydrogen) atoms. The van der Waals surface area contributed by atoms with Crippen molar-refractivity contribution >= 4 is 11.4 Å². The standard InChI is InChI=1S/C15H24N2/c1-4-10-17(12(2)3)14-8-7-13-6-5-9-16-15(13)11-14/h7-8,11-12,16H,4-6,9-10H2,1-3H3. The van der Waals surface area contributed by atoms with Crippen molar-refractivity contribution in [2.45, 2.75) is 46.1 Å². The molecule has 0 aromatic heterocycles. The molecule has 0 radical (unpaired) electrons. The Bertz CT molecular complexity index is 371. The van der Waals surface area contributed by atoms with Crippen LogP contribution in [0.4, 0.5) is 11.4 Å². The summed E-state index contributed by atoms with van der Waals surface area (Å²) in [5.41, 5.74) is 4.17. The van der Waals surface area contributed by atoms with Crippen LogP contribution in [0.3, 0.4) is 0 Å². The molecule has 0 unspecified atom stereocenters. The molecule has 2 nitrogen and oxygen atoms in total. The molecule has 2 heteroatoms. The zero-order valence-corrected chi connectivity index (χ0v) is 11.3. The normalized spacial score (nSPS) is 14.4. The Morgan fingerprint density at radius 2 is 2.18 bits per heavy atom. The molecule has 0 bridgehead atoms. The first-order valence-electron chi connectivity index (χ1n) is 6.85. The number of hydrogen-bond acceptors (Lipinski definition) is 2. The summed E-state index contributed by atoms with van der Waals surface area (Å²) in [5, 5.41) is 3.51. The Labute approximate surface area is 105 Å². The number of aryl methyl sites for hydroxylation is 1. The van der Waals surface area contributed by atoms with Crippen LogP contribution in [-0.4, -0.2) is 19.1 Å². The summed E-state index contributed by atoms with van der Waals surface area (Å²) in [6.07, 6.45) is 3.68. The van der Waals surface area contributed by atoms with Crippen molar-refractivity contribution in [1.82, 2.24) is 0 Å². The molecule has 1 aromatic carbocycles. The van der Waals surface area contributed by atoms with Gasteiger partial charge in [-0.3, -0.25) is 0 Å². The maximum atomic E-state index is 3.51. The Hall–Kier alpha value is -1.18. The van der Waals surface area contributed by atoms with Crippen molar-refractivity contribution in [3.63, 3.8) is 0 Å². The molecule has 1 aromatic rings. The minimum absolute atomic E-state index is 0.566. The van der Waals surface area contributed by atoms with Crippen molar-refractivity contribution in [3.8, 4) is 0 Å². The molecular weight excluding hydrogens is 208 g/mol. The number of hydrogen-bond donors (Lipinski definition) is 1. The van der Waals surface area contributed by atoms with Crippen molar-refractivity contribution in [3.05, 3.63) is 23.8 Å². The predicted molar refractivity (Wildman–Crippen MR) is 76.0 cm³/mol. The van der Waals surface area contributed by atoms with Gasteiger partial charge in [-0.15, -0.1) is 0 Å². The van der Waals surface area contributed by atoms with Crippen LogP contribution < -0.4 is 10.2 Å². The van der Waals surface area contributed by atoms with Crippen molar-refractivity contribution < 1.29 is 0 Å². The van der Waals surface area contributed by atoms with Crippen molar-refractivity contribution in [1.29, 1.82) is 0 Å². The lowest BCUT2D eigenvalue weighted by Crippen LogP contribution is -2.31. The summed E-state index contributed by atoms with van der Waals surface area (Å²) in [6.45, 7) is 9.03. The smallest absolute Gasteiger partial charge is 0.0393 e. The highest BCUT2D eigenvalue weighted by atomic mass is 15.1. The highest BCUT2D eigenvalue weighted by Crippen LogP contribution is 2.28. The van der Waals surface area contributed by atoms with E-state index in [2.05, 4.69) is 49.2 Å². The maximum Gasteiger partial charge on any atom is 0.0393 e. The largest absolute Gasteiger partial charge is 0.385 e. The van der Waals surface area contributed by atoms with Crippen molar-refractivity contribution in [2.75, 3.05) is 23.3 Å². The van der Waals surface area contributed by atoms with E-state index in [1.54, 1.807) is 0 Å². The Morgan fingerprint density at radius 1 is 1.35 bits per heavy atom. The van der Waals surface area contributed by atoms with Gasteiger partial charge in [-0.05, 0) is 50.8 Å². The van der Waals surface area contributed by atoms with Crippen LogP contribution in [0.1, 0.15) is 39.2 Å². The van der Waals surface area contributed by atoms with Gasteiger partial charge in [0.2, 0.25) is 0 Å². The van der Waals surface area contributed by atoms with E-state index >= 15 is 0 Å².